The molecule has 0 bridgehead atoms. The van der Waals surface area contributed by atoms with Crippen LogP contribution in [0.1, 0.15) is 89.8 Å². The first-order chi connectivity index (χ1) is 19.8. The van der Waals surface area contributed by atoms with Crippen molar-refractivity contribution >= 4 is 11.4 Å². The van der Waals surface area contributed by atoms with Crippen molar-refractivity contribution in [1.29, 1.82) is 0 Å². The van der Waals surface area contributed by atoms with Gasteiger partial charge in [0, 0.05) is 12.1 Å². The Morgan fingerprint density at radius 2 is 1.66 bits per heavy atom. The maximum atomic E-state index is 14.1. The standard InChI is InChI=1S/C36H44FNO.C2H6/c1-24(13-14-28-17-19-38(20-18-28)23-30-10-6-8-12-36(30)37)26(3)33(31-11-7-5-9-25(31)2)21-29-15-16-32(27(4)39)35-22-34(29)35;1-2/h5-12,15-16,24,28,34-35H,13-14,17-23H2,1-4H3;1-2H3/b33-26-;. The number of hydrogen-bond donors (Lipinski definition) is 0. The molecular formula is C38H50FNO. The predicted molar refractivity (Wildman–Crippen MR) is 171 cm³/mol. The van der Waals surface area contributed by atoms with Gasteiger partial charge in [0.1, 0.15) is 5.82 Å². The van der Waals surface area contributed by atoms with Crippen LogP contribution in [-0.2, 0) is 11.3 Å². The third kappa shape index (κ3) is 7.74. The summed E-state index contributed by atoms with van der Waals surface area (Å²) in [6.07, 6.45) is 11.3. The lowest BCUT2D eigenvalue weighted by Crippen LogP contribution is -2.33. The second-order valence-corrected chi connectivity index (χ2v) is 12.3. The Morgan fingerprint density at radius 3 is 2.34 bits per heavy atom. The van der Waals surface area contributed by atoms with E-state index in [2.05, 4.69) is 62.1 Å². The lowest BCUT2D eigenvalue weighted by molar-refractivity contribution is -0.113. The van der Waals surface area contributed by atoms with Crippen molar-refractivity contribution < 1.29 is 9.18 Å². The summed E-state index contributed by atoms with van der Waals surface area (Å²) >= 11 is 0. The predicted octanol–water partition coefficient (Wildman–Crippen LogP) is 9.74. The molecule has 2 aromatic carbocycles. The van der Waals surface area contributed by atoms with E-state index in [4.69, 9.17) is 0 Å². The lowest BCUT2D eigenvalue weighted by atomic mass is 9.81. The zero-order valence-electron chi connectivity index (χ0n) is 26.2. The number of fused-ring (bicyclic) bond motifs is 1. The fourth-order valence-corrected chi connectivity index (χ4v) is 6.82. The highest BCUT2D eigenvalue weighted by Gasteiger charge is 2.45. The van der Waals surface area contributed by atoms with E-state index in [0.29, 0.717) is 17.8 Å². The summed E-state index contributed by atoms with van der Waals surface area (Å²) in [6.45, 7) is 15.5. The minimum absolute atomic E-state index is 0.0864. The molecule has 1 saturated heterocycles. The van der Waals surface area contributed by atoms with Gasteiger partial charge in [0.05, 0.1) is 0 Å². The average molecular weight is 556 g/mol. The smallest absolute Gasteiger partial charge is 0.156 e. The molecule has 0 amide bonds. The van der Waals surface area contributed by atoms with Crippen LogP contribution < -0.4 is 0 Å². The molecule has 41 heavy (non-hydrogen) atoms. The first-order valence-electron chi connectivity index (χ1n) is 15.9. The number of aryl methyl sites for hydroxylation is 1. The topological polar surface area (TPSA) is 20.3 Å². The van der Waals surface area contributed by atoms with Crippen molar-refractivity contribution in [3.05, 3.63) is 99.9 Å². The summed E-state index contributed by atoms with van der Waals surface area (Å²) in [5.74, 6) is 2.42. The van der Waals surface area contributed by atoms with Gasteiger partial charge in [-0.3, -0.25) is 9.69 Å². The van der Waals surface area contributed by atoms with Gasteiger partial charge in [-0.15, -0.1) is 0 Å². The molecule has 220 valence electrons. The highest BCUT2D eigenvalue weighted by atomic mass is 19.1. The van der Waals surface area contributed by atoms with Gasteiger partial charge in [0.15, 0.2) is 5.78 Å². The third-order valence-corrected chi connectivity index (χ3v) is 9.68. The first-order valence-corrected chi connectivity index (χ1v) is 15.9. The second kappa shape index (κ2) is 14.4. The number of Topliss-reactive ketones (excluding diaryl/α,β-unsaturated/α-hetero) is 1. The van der Waals surface area contributed by atoms with Crippen molar-refractivity contribution in [2.45, 2.75) is 86.6 Å². The van der Waals surface area contributed by atoms with Crippen LogP contribution in [0.15, 0.2) is 77.4 Å². The number of allylic oxidation sites excluding steroid dienone is 6. The Kier molecular flexibility index (Phi) is 10.9. The molecule has 3 heteroatoms. The van der Waals surface area contributed by atoms with Gasteiger partial charge < -0.3 is 0 Å². The minimum Gasteiger partial charge on any atom is -0.299 e. The number of rotatable bonds is 10. The van der Waals surface area contributed by atoms with Crippen molar-refractivity contribution in [3.8, 4) is 0 Å². The zero-order valence-corrected chi connectivity index (χ0v) is 26.2. The monoisotopic (exact) mass is 555 g/mol. The Morgan fingerprint density at radius 1 is 0.976 bits per heavy atom. The number of carbonyl (C=O) groups is 1. The van der Waals surface area contributed by atoms with Gasteiger partial charge in [-0.05, 0) is 124 Å². The van der Waals surface area contributed by atoms with E-state index < -0.39 is 0 Å². The van der Waals surface area contributed by atoms with E-state index in [9.17, 15) is 9.18 Å². The summed E-state index contributed by atoms with van der Waals surface area (Å²) in [4.78, 5) is 14.4. The van der Waals surface area contributed by atoms with Crippen molar-refractivity contribution in [2.75, 3.05) is 13.1 Å². The van der Waals surface area contributed by atoms with E-state index in [1.54, 1.807) is 19.1 Å². The molecule has 2 nitrogen and oxygen atoms in total. The molecule has 3 unspecified atom stereocenters. The summed E-state index contributed by atoms with van der Waals surface area (Å²) in [5.41, 5.74) is 9.05. The molecule has 3 atom stereocenters. The SMILES string of the molecule is CC.CC(=O)C1=CC=C(C/C(=C(\C)C(C)CCC2CCN(Cc3ccccc3F)CC2)c2ccccc2C)C2CC12. The van der Waals surface area contributed by atoms with Crippen LogP contribution in [-0.4, -0.2) is 23.8 Å². The van der Waals surface area contributed by atoms with Crippen LogP contribution >= 0.6 is 0 Å². The van der Waals surface area contributed by atoms with Crippen LogP contribution in [0.3, 0.4) is 0 Å². The van der Waals surface area contributed by atoms with E-state index in [-0.39, 0.29) is 11.6 Å². The summed E-state index contributed by atoms with van der Waals surface area (Å²) in [5, 5.41) is 0. The number of carbonyl (C=O) groups excluding carboxylic acids is 1. The Labute approximate surface area is 248 Å². The molecular weight excluding hydrogens is 505 g/mol. The molecule has 5 rings (SSSR count). The highest BCUT2D eigenvalue weighted by molar-refractivity contribution is 5.95. The molecule has 2 aliphatic carbocycles. The first kappa shape index (κ1) is 31.2. The fourth-order valence-electron chi connectivity index (χ4n) is 6.82. The largest absolute Gasteiger partial charge is 0.299 e. The number of piperidine rings is 1. The van der Waals surface area contributed by atoms with Crippen LogP contribution in [0, 0.1) is 36.4 Å². The Bertz CT molecular complexity index is 1290. The molecule has 1 saturated carbocycles. The maximum Gasteiger partial charge on any atom is 0.156 e. The molecule has 2 aromatic rings. The number of benzene rings is 2. The highest BCUT2D eigenvalue weighted by Crippen LogP contribution is 2.54. The molecule has 2 fully saturated rings. The van der Waals surface area contributed by atoms with Crippen LogP contribution in [0.25, 0.3) is 5.57 Å². The minimum atomic E-state index is -0.0864. The van der Waals surface area contributed by atoms with Gasteiger partial charge in [-0.1, -0.05) is 86.5 Å². The van der Waals surface area contributed by atoms with Crippen molar-refractivity contribution in [2.24, 2.45) is 23.7 Å². The van der Waals surface area contributed by atoms with E-state index in [1.807, 2.05) is 26.0 Å². The van der Waals surface area contributed by atoms with Crippen LogP contribution in [0.2, 0.25) is 0 Å². The summed E-state index contributed by atoms with van der Waals surface area (Å²) in [7, 11) is 0. The van der Waals surface area contributed by atoms with Gasteiger partial charge >= 0.3 is 0 Å². The summed E-state index contributed by atoms with van der Waals surface area (Å²) < 4.78 is 14.1. The number of ketones is 1. The lowest BCUT2D eigenvalue weighted by Gasteiger charge is -2.32. The third-order valence-electron chi connectivity index (χ3n) is 9.68. The molecule has 1 aliphatic heterocycles. The summed E-state index contributed by atoms with van der Waals surface area (Å²) in [6, 6.07) is 16.0. The number of likely N-dealkylation sites (tertiary alicyclic amines) is 1. The average Bonchev–Trinajstić information content (AvgIpc) is 3.79. The molecule has 0 radical (unpaired) electrons. The fraction of sp³-hybridized carbons (Fsp3) is 0.500. The molecule has 1 heterocycles. The Balaban J connectivity index is 0.00000189. The molecule has 3 aliphatic rings. The molecule has 0 aromatic heterocycles. The van der Waals surface area contributed by atoms with E-state index >= 15 is 0 Å². The molecule has 0 N–H and O–H groups in total. The quantitative estimate of drug-likeness (QED) is 0.291. The van der Waals surface area contributed by atoms with Gasteiger partial charge in [-0.2, -0.15) is 0 Å². The van der Waals surface area contributed by atoms with E-state index in [0.717, 1.165) is 49.5 Å². The number of nitrogens with zero attached hydrogens (tertiary/aromatic N) is 1. The van der Waals surface area contributed by atoms with E-state index in [1.165, 1.54) is 53.5 Å². The zero-order chi connectivity index (χ0) is 29.5. The van der Waals surface area contributed by atoms with Crippen molar-refractivity contribution in [1.82, 2.24) is 4.90 Å². The van der Waals surface area contributed by atoms with Crippen LogP contribution in [0.4, 0.5) is 4.39 Å². The van der Waals surface area contributed by atoms with Crippen molar-refractivity contribution in [3.63, 3.8) is 0 Å². The number of hydrogen-bond acceptors (Lipinski definition) is 2. The van der Waals surface area contributed by atoms with Crippen LogP contribution in [0.5, 0.6) is 0 Å². The van der Waals surface area contributed by atoms with Gasteiger partial charge in [-0.25, -0.2) is 4.39 Å². The number of halogens is 1. The second-order valence-electron chi connectivity index (χ2n) is 12.3. The maximum absolute atomic E-state index is 14.1. The van der Waals surface area contributed by atoms with Gasteiger partial charge in [0.2, 0.25) is 0 Å². The Hall–Kier alpha value is -2.78. The van der Waals surface area contributed by atoms with Gasteiger partial charge in [0.25, 0.3) is 0 Å². The molecule has 0 spiro atoms. The normalized spacial score (nSPS) is 21.9.